The van der Waals surface area contributed by atoms with Crippen molar-refractivity contribution in [2.45, 2.75) is 30.8 Å². The van der Waals surface area contributed by atoms with Crippen LogP contribution < -0.4 is 10.2 Å². The molecule has 1 unspecified atom stereocenters. The molecular formula is C19H22N5O2S2+. The molecule has 4 rings (SSSR count). The van der Waals surface area contributed by atoms with Crippen molar-refractivity contribution >= 4 is 44.8 Å². The van der Waals surface area contributed by atoms with E-state index in [2.05, 4.69) is 19.3 Å². The molecule has 2 N–H and O–H groups in total. The van der Waals surface area contributed by atoms with Gasteiger partial charge < -0.3 is 10.2 Å². The number of non-ortho nitro benzene ring substituents is 1. The number of benzene rings is 1. The quantitative estimate of drug-likeness (QED) is 0.278. The van der Waals surface area contributed by atoms with Gasteiger partial charge in [-0.05, 0) is 18.1 Å². The number of aromatic nitrogens is 2. The SMILES string of the molecule is CCNc1nc(SCc2ccc([N+](=O)[O-])cc2)nc2sc3c(c12)CC[NH+](C)C3. The summed E-state index contributed by atoms with van der Waals surface area (Å²) in [5, 5.41) is 16.1. The van der Waals surface area contributed by atoms with E-state index in [1.807, 2.05) is 0 Å². The number of nitro groups is 1. The smallest absolute Gasteiger partial charge is 0.269 e. The number of rotatable bonds is 6. The van der Waals surface area contributed by atoms with Crippen molar-refractivity contribution in [3.63, 3.8) is 0 Å². The van der Waals surface area contributed by atoms with E-state index in [9.17, 15) is 10.1 Å². The highest BCUT2D eigenvalue weighted by molar-refractivity contribution is 7.98. The molecule has 28 heavy (non-hydrogen) atoms. The zero-order chi connectivity index (χ0) is 19.7. The minimum atomic E-state index is -0.381. The maximum Gasteiger partial charge on any atom is 0.269 e. The van der Waals surface area contributed by atoms with Crippen LogP contribution in [-0.2, 0) is 18.7 Å². The van der Waals surface area contributed by atoms with Crippen LogP contribution in [0.5, 0.6) is 0 Å². The molecule has 0 spiro atoms. The Kier molecular flexibility index (Phi) is 5.47. The topological polar surface area (TPSA) is 85.4 Å². The van der Waals surface area contributed by atoms with Crippen LogP contribution in [0.4, 0.5) is 11.5 Å². The summed E-state index contributed by atoms with van der Waals surface area (Å²) in [6.45, 7) is 5.08. The monoisotopic (exact) mass is 416 g/mol. The van der Waals surface area contributed by atoms with E-state index in [0.29, 0.717) is 5.75 Å². The van der Waals surface area contributed by atoms with E-state index >= 15 is 0 Å². The van der Waals surface area contributed by atoms with Crippen molar-refractivity contribution < 1.29 is 9.82 Å². The first-order chi connectivity index (χ1) is 13.5. The summed E-state index contributed by atoms with van der Waals surface area (Å²) in [4.78, 5) is 24.0. The van der Waals surface area contributed by atoms with Gasteiger partial charge in [-0.15, -0.1) is 11.3 Å². The third kappa shape index (κ3) is 3.82. The number of quaternary nitrogens is 1. The Labute approximate surface area is 171 Å². The molecule has 0 radical (unpaired) electrons. The van der Waals surface area contributed by atoms with E-state index < -0.39 is 0 Å². The number of nitrogens with one attached hydrogen (secondary N) is 2. The molecule has 9 heteroatoms. The lowest BCUT2D eigenvalue weighted by Gasteiger charge is -2.19. The minimum Gasteiger partial charge on any atom is -0.370 e. The summed E-state index contributed by atoms with van der Waals surface area (Å²) < 4.78 is 0. The fourth-order valence-electron chi connectivity index (χ4n) is 3.41. The van der Waals surface area contributed by atoms with Gasteiger partial charge in [-0.25, -0.2) is 9.97 Å². The van der Waals surface area contributed by atoms with Gasteiger partial charge in [-0.3, -0.25) is 10.1 Å². The van der Waals surface area contributed by atoms with Crippen LogP contribution in [0.25, 0.3) is 10.2 Å². The number of thiophene rings is 1. The zero-order valence-electron chi connectivity index (χ0n) is 15.8. The van der Waals surface area contributed by atoms with Gasteiger partial charge in [0.2, 0.25) is 0 Å². The fraction of sp³-hybridized carbons (Fsp3) is 0.368. The number of fused-ring (bicyclic) bond motifs is 3. The lowest BCUT2D eigenvalue weighted by atomic mass is 10.1. The van der Waals surface area contributed by atoms with Crippen LogP contribution in [0.1, 0.15) is 22.9 Å². The maximum absolute atomic E-state index is 10.8. The van der Waals surface area contributed by atoms with E-state index in [-0.39, 0.29) is 10.6 Å². The fourth-order valence-corrected chi connectivity index (χ4v) is 5.60. The molecule has 0 saturated carbocycles. The molecule has 1 atom stereocenters. The predicted molar refractivity (Wildman–Crippen MR) is 113 cm³/mol. The number of anilines is 1. The third-order valence-corrected chi connectivity index (χ3v) is 6.88. The summed E-state index contributed by atoms with van der Waals surface area (Å²) in [5.74, 6) is 1.60. The first-order valence-electron chi connectivity index (χ1n) is 9.28. The average Bonchev–Trinajstić information content (AvgIpc) is 3.04. The van der Waals surface area contributed by atoms with Gasteiger partial charge in [0, 0.05) is 30.9 Å². The Morgan fingerprint density at radius 3 is 2.82 bits per heavy atom. The second kappa shape index (κ2) is 8.02. The Morgan fingerprint density at radius 2 is 2.11 bits per heavy atom. The van der Waals surface area contributed by atoms with E-state index in [1.54, 1.807) is 35.2 Å². The van der Waals surface area contributed by atoms with Gasteiger partial charge in [0.15, 0.2) is 5.16 Å². The molecule has 7 nitrogen and oxygen atoms in total. The normalized spacial score (nSPS) is 16.1. The van der Waals surface area contributed by atoms with E-state index in [0.717, 1.165) is 47.4 Å². The second-order valence-electron chi connectivity index (χ2n) is 6.92. The molecule has 3 aromatic rings. The minimum absolute atomic E-state index is 0.108. The van der Waals surface area contributed by atoms with Crippen LogP contribution >= 0.6 is 23.1 Å². The molecule has 2 aromatic heterocycles. The van der Waals surface area contributed by atoms with Gasteiger partial charge in [0.05, 0.1) is 28.8 Å². The first-order valence-corrected chi connectivity index (χ1v) is 11.1. The van der Waals surface area contributed by atoms with Crippen LogP contribution in [0.2, 0.25) is 0 Å². The summed E-state index contributed by atoms with van der Waals surface area (Å²) in [6, 6.07) is 6.65. The summed E-state index contributed by atoms with van der Waals surface area (Å²) in [6.07, 6.45) is 1.07. The average molecular weight is 417 g/mol. The van der Waals surface area contributed by atoms with Gasteiger partial charge in [0.25, 0.3) is 5.69 Å². The highest BCUT2D eigenvalue weighted by Crippen LogP contribution is 2.37. The Morgan fingerprint density at radius 1 is 1.32 bits per heavy atom. The van der Waals surface area contributed by atoms with Gasteiger partial charge >= 0.3 is 0 Å². The van der Waals surface area contributed by atoms with Crippen LogP contribution in [0.3, 0.4) is 0 Å². The number of hydrogen-bond acceptors (Lipinski definition) is 7. The van der Waals surface area contributed by atoms with Crippen LogP contribution in [0.15, 0.2) is 29.4 Å². The molecule has 1 aliphatic heterocycles. The van der Waals surface area contributed by atoms with Crippen LogP contribution in [0, 0.1) is 10.1 Å². The molecule has 0 saturated heterocycles. The highest BCUT2D eigenvalue weighted by atomic mass is 32.2. The number of thioether (sulfide) groups is 1. The summed E-state index contributed by atoms with van der Waals surface area (Å²) >= 11 is 3.34. The van der Waals surface area contributed by atoms with Crippen molar-refractivity contribution in [3.8, 4) is 0 Å². The molecular weight excluding hydrogens is 394 g/mol. The Bertz CT molecular complexity index is 1020. The number of nitrogens with zero attached hydrogens (tertiary/aromatic N) is 3. The van der Waals surface area contributed by atoms with E-state index in [4.69, 9.17) is 9.97 Å². The third-order valence-electron chi connectivity index (χ3n) is 4.84. The number of hydrogen-bond donors (Lipinski definition) is 2. The molecule has 146 valence electrons. The molecule has 0 aliphatic carbocycles. The molecule has 3 heterocycles. The molecule has 1 aromatic carbocycles. The van der Waals surface area contributed by atoms with Gasteiger partial charge in [0.1, 0.15) is 17.2 Å². The molecule has 0 amide bonds. The lowest BCUT2D eigenvalue weighted by Crippen LogP contribution is -3.08. The number of likely N-dealkylation sites (N-methyl/N-ethyl adjacent to an activating group) is 1. The largest absolute Gasteiger partial charge is 0.370 e. The first kappa shape index (κ1) is 19.1. The summed E-state index contributed by atoms with van der Waals surface area (Å²) in [5.41, 5.74) is 2.53. The highest BCUT2D eigenvalue weighted by Gasteiger charge is 2.25. The second-order valence-corrected chi connectivity index (χ2v) is 8.94. The zero-order valence-corrected chi connectivity index (χ0v) is 17.5. The maximum atomic E-state index is 10.8. The Hall–Kier alpha value is -2.23. The van der Waals surface area contributed by atoms with Gasteiger partial charge in [-0.1, -0.05) is 23.9 Å². The van der Waals surface area contributed by atoms with Crippen molar-refractivity contribution in [1.29, 1.82) is 0 Å². The van der Waals surface area contributed by atoms with Crippen molar-refractivity contribution in [1.82, 2.24) is 9.97 Å². The van der Waals surface area contributed by atoms with E-state index in [1.165, 1.54) is 32.9 Å². The molecule has 0 bridgehead atoms. The van der Waals surface area contributed by atoms with Crippen molar-refractivity contribution in [2.75, 3.05) is 25.5 Å². The van der Waals surface area contributed by atoms with Crippen molar-refractivity contribution in [2.24, 2.45) is 0 Å². The predicted octanol–water partition coefficient (Wildman–Crippen LogP) is 2.89. The standard InChI is InChI=1S/C19H21N5O2S2/c1-3-20-17-16-14-8-9-23(2)10-15(14)28-18(16)22-19(21-17)27-11-12-4-6-13(7-5-12)24(25)26/h4-7H,3,8-11H2,1-2H3,(H,20,21,22)/p+1. The van der Waals surface area contributed by atoms with Crippen LogP contribution in [-0.4, -0.2) is 35.0 Å². The molecule has 0 fully saturated rings. The van der Waals surface area contributed by atoms with Gasteiger partial charge in [-0.2, -0.15) is 0 Å². The lowest BCUT2D eigenvalue weighted by molar-refractivity contribution is -0.895. The Balaban J connectivity index is 1.61. The summed E-state index contributed by atoms with van der Waals surface area (Å²) in [7, 11) is 2.23. The number of nitro benzene ring substituents is 1. The van der Waals surface area contributed by atoms with Crippen molar-refractivity contribution in [3.05, 3.63) is 50.4 Å². The molecule has 1 aliphatic rings.